The molecule has 0 aliphatic carbocycles. The summed E-state index contributed by atoms with van der Waals surface area (Å²) in [5.41, 5.74) is 5.97. The number of hydrogen-bond donors (Lipinski definition) is 2. The maximum absolute atomic E-state index is 13.6. The maximum atomic E-state index is 13.6. The fourth-order valence-electron chi connectivity index (χ4n) is 4.38. The number of carbonyl (C=O) groups is 1. The van der Waals surface area contributed by atoms with Gasteiger partial charge in [-0.3, -0.25) is 9.89 Å². The summed E-state index contributed by atoms with van der Waals surface area (Å²) in [5, 5.41) is 23.1. The summed E-state index contributed by atoms with van der Waals surface area (Å²) in [6, 6.07) is 21.1. The molecule has 9 heteroatoms. The second-order valence-corrected chi connectivity index (χ2v) is 9.49. The summed E-state index contributed by atoms with van der Waals surface area (Å²) in [6.45, 7) is 5.97. The van der Waals surface area contributed by atoms with Crippen LogP contribution in [0.2, 0.25) is 5.02 Å². The number of allylic oxidation sites excluding steroid dienone is 4. The maximum Gasteiger partial charge on any atom is 0.231 e. The molecule has 3 aromatic carbocycles. The van der Waals surface area contributed by atoms with Crippen LogP contribution in [0.4, 0.5) is 5.69 Å². The van der Waals surface area contributed by atoms with Crippen molar-refractivity contribution in [2.45, 2.75) is 13.3 Å². The van der Waals surface area contributed by atoms with Gasteiger partial charge in [0, 0.05) is 21.7 Å². The minimum Gasteiger partial charge on any atom is -0.326 e. The van der Waals surface area contributed by atoms with E-state index >= 15 is 0 Å². The molecule has 2 N–H and O–H groups in total. The minimum atomic E-state index is -0.409. The van der Waals surface area contributed by atoms with Crippen molar-refractivity contribution in [3.05, 3.63) is 126 Å². The second-order valence-electron chi connectivity index (χ2n) is 9.06. The van der Waals surface area contributed by atoms with E-state index in [9.17, 15) is 4.79 Å². The molecule has 0 saturated carbocycles. The molecule has 1 atom stereocenters. The minimum absolute atomic E-state index is 0.0962. The average molecular weight is 536 g/mol. The lowest BCUT2D eigenvalue weighted by atomic mass is 9.90. The molecule has 1 amide bonds. The van der Waals surface area contributed by atoms with E-state index in [0.717, 1.165) is 38.9 Å². The molecule has 0 radical (unpaired) electrons. The Labute approximate surface area is 230 Å². The third kappa shape index (κ3) is 6.02. The van der Waals surface area contributed by atoms with Gasteiger partial charge in [-0.25, -0.2) is 0 Å². The molecule has 0 saturated heterocycles. The summed E-state index contributed by atoms with van der Waals surface area (Å²) in [4.78, 5) is 13.6. The Balaban J connectivity index is 1.47. The molecule has 8 nitrogen and oxygen atoms in total. The highest BCUT2D eigenvalue weighted by Gasteiger charge is 2.21. The number of aromatic nitrogens is 6. The van der Waals surface area contributed by atoms with Crippen molar-refractivity contribution in [1.82, 2.24) is 30.4 Å². The Hall–Kier alpha value is -4.82. The number of rotatable bonds is 9. The first kappa shape index (κ1) is 25.8. The molecule has 194 valence electrons. The van der Waals surface area contributed by atoms with Gasteiger partial charge >= 0.3 is 0 Å². The van der Waals surface area contributed by atoms with Crippen LogP contribution in [-0.2, 0) is 11.2 Å². The molecule has 5 rings (SSSR count). The van der Waals surface area contributed by atoms with E-state index in [-0.39, 0.29) is 5.91 Å². The van der Waals surface area contributed by atoms with Crippen molar-refractivity contribution in [1.29, 1.82) is 0 Å². The number of benzene rings is 3. The van der Waals surface area contributed by atoms with Crippen LogP contribution in [0, 0.1) is 5.92 Å². The Morgan fingerprint density at radius 2 is 1.97 bits per heavy atom. The first-order valence-corrected chi connectivity index (χ1v) is 12.7. The summed E-state index contributed by atoms with van der Waals surface area (Å²) in [6.07, 6.45) is 9.44. The van der Waals surface area contributed by atoms with Crippen LogP contribution >= 0.6 is 11.6 Å². The normalized spacial score (nSPS) is 12.9. The number of nitrogens with zero attached hydrogens (tertiary/aromatic N) is 5. The van der Waals surface area contributed by atoms with E-state index in [1.54, 1.807) is 23.0 Å². The lowest BCUT2D eigenvalue weighted by molar-refractivity contribution is -0.118. The molecule has 0 aliphatic heterocycles. The molecular weight excluding hydrogens is 510 g/mol. The third-order valence-corrected chi connectivity index (χ3v) is 6.70. The molecule has 5 aromatic rings. The Kier molecular flexibility index (Phi) is 7.75. The Bertz CT molecular complexity index is 1670. The van der Waals surface area contributed by atoms with Gasteiger partial charge in [0.2, 0.25) is 5.91 Å². The highest BCUT2D eigenvalue weighted by molar-refractivity contribution is 6.30. The molecule has 0 aliphatic rings. The number of aromatic amines is 1. The van der Waals surface area contributed by atoms with Gasteiger partial charge < -0.3 is 5.32 Å². The first-order chi connectivity index (χ1) is 19.0. The number of fused-ring (bicyclic) bond motifs is 1. The van der Waals surface area contributed by atoms with Gasteiger partial charge in [-0.1, -0.05) is 72.3 Å². The number of tetrazole rings is 1. The Morgan fingerprint density at radius 1 is 1.13 bits per heavy atom. The zero-order valence-electron chi connectivity index (χ0n) is 21.3. The highest BCUT2D eigenvalue weighted by atomic mass is 35.5. The summed E-state index contributed by atoms with van der Waals surface area (Å²) < 4.78 is 1.57. The number of H-pyrrole nitrogens is 1. The molecule has 1 unspecified atom stereocenters. The zero-order valence-corrected chi connectivity index (χ0v) is 22.0. The quantitative estimate of drug-likeness (QED) is 0.219. The van der Waals surface area contributed by atoms with Gasteiger partial charge in [0.15, 0.2) is 0 Å². The van der Waals surface area contributed by atoms with Crippen molar-refractivity contribution in [2.24, 2.45) is 5.92 Å². The molecule has 39 heavy (non-hydrogen) atoms. The summed E-state index contributed by atoms with van der Waals surface area (Å²) in [5.74, 6) is -0.505. The topological polar surface area (TPSA) is 101 Å². The monoisotopic (exact) mass is 535 g/mol. The fourth-order valence-corrected chi connectivity index (χ4v) is 4.55. The van der Waals surface area contributed by atoms with Crippen LogP contribution in [0.1, 0.15) is 18.1 Å². The predicted molar refractivity (Wildman–Crippen MR) is 154 cm³/mol. The largest absolute Gasteiger partial charge is 0.326 e. The molecule has 0 fully saturated rings. The number of hydrogen-bond acceptors (Lipinski definition) is 5. The fraction of sp³-hybridized carbons (Fsp3) is 0.100. The van der Waals surface area contributed by atoms with Gasteiger partial charge in [-0.15, -0.1) is 5.10 Å². The smallest absolute Gasteiger partial charge is 0.231 e. The van der Waals surface area contributed by atoms with E-state index in [1.807, 2.05) is 79.7 Å². The van der Waals surface area contributed by atoms with Crippen LogP contribution in [0.15, 0.2) is 110 Å². The standard InChI is InChI=1S/C30H26ClN7O/c1-3-22(27-17-24(31)11-14-29(27)38-19-33-36-37-38)10-9-20(2)26(15-21-7-5-4-6-8-21)30(39)34-25-12-13-28-23(16-25)18-32-35-28/h3-14,16-19,26H,1,15H2,2H3,(H,32,35)(H,34,39)/b20-9+,22-10+. The van der Waals surface area contributed by atoms with Crippen molar-refractivity contribution in [2.75, 3.05) is 5.32 Å². The zero-order chi connectivity index (χ0) is 27.2. The number of amides is 1. The molecule has 2 heterocycles. The first-order valence-electron chi connectivity index (χ1n) is 12.3. The van der Waals surface area contributed by atoms with Crippen molar-refractivity contribution < 1.29 is 4.79 Å². The summed E-state index contributed by atoms with van der Waals surface area (Å²) in [7, 11) is 0. The number of anilines is 1. The van der Waals surface area contributed by atoms with Crippen molar-refractivity contribution in [3.8, 4) is 5.69 Å². The molecular formula is C30H26ClN7O. The van der Waals surface area contributed by atoms with E-state index in [2.05, 4.69) is 37.6 Å². The summed E-state index contributed by atoms with van der Waals surface area (Å²) >= 11 is 6.33. The predicted octanol–water partition coefficient (Wildman–Crippen LogP) is 6.21. The average Bonchev–Trinajstić information content (AvgIpc) is 3.65. The third-order valence-electron chi connectivity index (χ3n) is 6.47. The van der Waals surface area contributed by atoms with E-state index in [1.165, 1.54) is 6.33 Å². The molecule has 2 aromatic heterocycles. The van der Waals surface area contributed by atoms with Crippen LogP contribution in [0.3, 0.4) is 0 Å². The lowest BCUT2D eigenvalue weighted by Gasteiger charge is -2.18. The van der Waals surface area contributed by atoms with Crippen molar-refractivity contribution >= 4 is 39.7 Å². The van der Waals surface area contributed by atoms with Gasteiger partial charge in [0.1, 0.15) is 6.33 Å². The Morgan fingerprint density at radius 3 is 2.74 bits per heavy atom. The second kappa shape index (κ2) is 11.7. The van der Waals surface area contributed by atoms with E-state index < -0.39 is 5.92 Å². The van der Waals surface area contributed by atoms with Gasteiger partial charge in [0.25, 0.3) is 0 Å². The van der Waals surface area contributed by atoms with Crippen LogP contribution < -0.4 is 5.32 Å². The molecule has 0 bridgehead atoms. The van der Waals surface area contributed by atoms with Crippen molar-refractivity contribution in [3.63, 3.8) is 0 Å². The number of halogens is 1. The highest BCUT2D eigenvalue weighted by Crippen LogP contribution is 2.28. The van der Waals surface area contributed by atoms with Gasteiger partial charge in [-0.2, -0.15) is 9.78 Å². The van der Waals surface area contributed by atoms with Crippen LogP contribution in [0.25, 0.3) is 22.2 Å². The van der Waals surface area contributed by atoms with Crippen LogP contribution in [-0.4, -0.2) is 36.3 Å². The van der Waals surface area contributed by atoms with Gasteiger partial charge in [0.05, 0.1) is 23.3 Å². The number of nitrogens with one attached hydrogen (secondary N) is 2. The van der Waals surface area contributed by atoms with Gasteiger partial charge in [-0.05, 0) is 71.3 Å². The number of carbonyl (C=O) groups excluding carboxylic acids is 1. The SMILES string of the molecule is C=C/C(=C\C=C(/C)C(Cc1ccccc1)C(=O)Nc1ccc2[nH]ncc2c1)c1cc(Cl)ccc1-n1cnnn1. The molecule has 0 spiro atoms. The van der Waals surface area contributed by atoms with Crippen LogP contribution in [0.5, 0.6) is 0 Å². The van der Waals surface area contributed by atoms with E-state index in [0.29, 0.717) is 17.1 Å². The lowest BCUT2D eigenvalue weighted by Crippen LogP contribution is -2.25. The van der Waals surface area contributed by atoms with E-state index in [4.69, 9.17) is 11.6 Å².